The van der Waals surface area contributed by atoms with Gasteiger partial charge in [-0.2, -0.15) is 0 Å². The molecular weight excluding hydrogens is 266 g/mol. The normalized spacial score (nSPS) is 29.8. The van der Waals surface area contributed by atoms with Crippen molar-refractivity contribution in [3.8, 4) is 0 Å². The monoisotopic (exact) mass is 283 g/mol. The minimum atomic E-state index is -0.176. The van der Waals surface area contributed by atoms with Gasteiger partial charge in [0.2, 0.25) is 0 Å². The summed E-state index contributed by atoms with van der Waals surface area (Å²) in [7, 11) is 1.62. The molecule has 0 radical (unpaired) electrons. The first-order chi connectivity index (χ1) is 9.17. The summed E-state index contributed by atoms with van der Waals surface area (Å²) in [6, 6.07) is 2.55. The van der Waals surface area contributed by atoms with Crippen molar-refractivity contribution >= 4 is 17.4 Å². The molecule has 0 saturated carbocycles. The summed E-state index contributed by atoms with van der Waals surface area (Å²) in [5.74, 6) is 1.47. The zero-order valence-corrected chi connectivity index (χ0v) is 11.7. The lowest BCUT2D eigenvalue weighted by Crippen LogP contribution is -2.45. The summed E-state index contributed by atoms with van der Waals surface area (Å²) in [6.07, 6.45) is 3.69. The number of ether oxygens (including phenoxy) is 1. The van der Waals surface area contributed by atoms with E-state index in [1.54, 1.807) is 7.11 Å². The van der Waals surface area contributed by atoms with Gasteiger partial charge in [-0.1, -0.05) is 11.6 Å². The molecule has 5 nitrogen and oxygen atoms in total. The van der Waals surface area contributed by atoms with Gasteiger partial charge in [-0.15, -0.1) is 0 Å². The molecule has 2 bridgehead atoms. The van der Waals surface area contributed by atoms with Crippen molar-refractivity contribution in [1.29, 1.82) is 0 Å². The van der Waals surface area contributed by atoms with Crippen molar-refractivity contribution in [2.75, 3.05) is 12.0 Å². The number of aromatic nitrogens is 2. The predicted molar refractivity (Wildman–Crippen MR) is 72.3 cm³/mol. The maximum absolute atomic E-state index is 9.84. The number of methoxy groups -OCH3 is 1. The number of rotatable bonds is 3. The predicted octanol–water partition coefficient (Wildman–Crippen LogP) is 1.77. The number of nitrogens with zero attached hydrogens (tertiary/aromatic N) is 3. The fourth-order valence-corrected chi connectivity index (χ4v) is 3.50. The van der Waals surface area contributed by atoms with Crippen LogP contribution in [0, 0.1) is 0 Å². The van der Waals surface area contributed by atoms with E-state index in [0.29, 0.717) is 29.7 Å². The molecule has 0 aromatic carbocycles. The van der Waals surface area contributed by atoms with Gasteiger partial charge >= 0.3 is 0 Å². The first kappa shape index (κ1) is 13.1. The summed E-state index contributed by atoms with van der Waals surface area (Å²) in [5.41, 5.74) is 0. The van der Waals surface area contributed by atoms with Gasteiger partial charge in [-0.05, 0) is 25.7 Å². The lowest BCUT2D eigenvalue weighted by molar-refractivity contribution is 0.126. The molecule has 0 aliphatic carbocycles. The van der Waals surface area contributed by atoms with Gasteiger partial charge in [0.1, 0.15) is 17.6 Å². The molecule has 3 rings (SSSR count). The second kappa shape index (κ2) is 5.23. The SMILES string of the molecule is COCc1nc(Cl)cc(N2C3CCC2CC(O)C3)n1. The van der Waals surface area contributed by atoms with Gasteiger partial charge in [0, 0.05) is 25.3 Å². The molecule has 19 heavy (non-hydrogen) atoms. The summed E-state index contributed by atoms with van der Waals surface area (Å²) in [5, 5.41) is 10.3. The van der Waals surface area contributed by atoms with Crippen LogP contribution in [0.15, 0.2) is 6.07 Å². The third kappa shape index (κ3) is 2.55. The molecule has 2 unspecified atom stereocenters. The topological polar surface area (TPSA) is 58.5 Å². The molecule has 1 aromatic rings. The molecule has 2 aliphatic rings. The largest absolute Gasteiger partial charge is 0.393 e. The maximum atomic E-state index is 9.84. The zero-order chi connectivity index (χ0) is 13.4. The Morgan fingerprint density at radius 2 is 2.05 bits per heavy atom. The highest BCUT2D eigenvalue weighted by Gasteiger charge is 2.41. The quantitative estimate of drug-likeness (QED) is 0.857. The minimum absolute atomic E-state index is 0.176. The van der Waals surface area contributed by atoms with Crippen LogP contribution in [-0.4, -0.2) is 40.4 Å². The van der Waals surface area contributed by atoms with E-state index in [4.69, 9.17) is 16.3 Å². The molecule has 104 valence electrons. The van der Waals surface area contributed by atoms with Gasteiger partial charge in [-0.25, -0.2) is 9.97 Å². The highest BCUT2D eigenvalue weighted by molar-refractivity contribution is 6.29. The summed E-state index contributed by atoms with van der Waals surface area (Å²) in [6.45, 7) is 0.360. The summed E-state index contributed by atoms with van der Waals surface area (Å²) >= 11 is 6.07. The van der Waals surface area contributed by atoms with Crippen LogP contribution >= 0.6 is 11.6 Å². The number of aliphatic hydroxyl groups is 1. The summed E-state index contributed by atoms with van der Waals surface area (Å²) in [4.78, 5) is 11.0. The van der Waals surface area contributed by atoms with Crippen molar-refractivity contribution in [3.63, 3.8) is 0 Å². The molecule has 2 fully saturated rings. The third-order valence-corrected chi connectivity index (χ3v) is 4.17. The molecule has 3 heterocycles. The Hall–Kier alpha value is -0.910. The van der Waals surface area contributed by atoms with E-state index >= 15 is 0 Å². The Kier molecular flexibility index (Phi) is 3.60. The van der Waals surface area contributed by atoms with Gasteiger partial charge in [0.15, 0.2) is 5.82 Å². The van der Waals surface area contributed by atoms with Crippen LogP contribution < -0.4 is 4.90 Å². The van der Waals surface area contributed by atoms with Gasteiger partial charge in [-0.3, -0.25) is 0 Å². The van der Waals surface area contributed by atoms with Gasteiger partial charge in [0.05, 0.1) is 6.10 Å². The molecule has 2 atom stereocenters. The molecule has 0 spiro atoms. The van der Waals surface area contributed by atoms with Crippen LogP contribution in [0.2, 0.25) is 5.15 Å². The summed E-state index contributed by atoms with van der Waals surface area (Å²) < 4.78 is 5.07. The Balaban J connectivity index is 1.90. The van der Waals surface area contributed by atoms with Crippen LogP contribution in [0.4, 0.5) is 5.82 Å². The number of hydrogen-bond donors (Lipinski definition) is 1. The van der Waals surface area contributed by atoms with E-state index in [1.807, 2.05) is 6.07 Å². The lowest BCUT2D eigenvalue weighted by Gasteiger charge is -2.38. The first-order valence-electron chi connectivity index (χ1n) is 6.66. The Labute approximate surface area is 117 Å². The second-order valence-corrected chi connectivity index (χ2v) is 5.70. The molecule has 6 heteroatoms. The number of hydrogen-bond acceptors (Lipinski definition) is 5. The second-order valence-electron chi connectivity index (χ2n) is 5.32. The van der Waals surface area contributed by atoms with E-state index in [0.717, 1.165) is 31.5 Å². The maximum Gasteiger partial charge on any atom is 0.158 e. The van der Waals surface area contributed by atoms with Crippen LogP contribution in [0.3, 0.4) is 0 Å². The highest BCUT2D eigenvalue weighted by Crippen LogP contribution is 2.38. The van der Waals surface area contributed by atoms with Crippen molar-refractivity contribution in [3.05, 3.63) is 17.0 Å². The highest BCUT2D eigenvalue weighted by atomic mass is 35.5. The number of anilines is 1. The fraction of sp³-hybridized carbons (Fsp3) is 0.692. The third-order valence-electron chi connectivity index (χ3n) is 3.97. The van der Waals surface area contributed by atoms with Gasteiger partial charge < -0.3 is 14.7 Å². The average molecular weight is 284 g/mol. The number of fused-ring (bicyclic) bond motifs is 2. The fourth-order valence-electron chi connectivity index (χ4n) is 3.30. The molecule has 2 saturated heterocycles. The van der Waals surface area contributed by atoms with Gasteiger partial charge in [0.25, 0.3) is 0 Å². The number of aliphatic hydroxyl groups excluding tert-OH is 1. The first-order valence-corrected chi connectivity index (χ1v) is 7.04. The molecule has 1 N–H and O–H groups in total. The lowest BCUT2D eigenvalue weighted by atomic mass is 10.00. The Morgan fingerprint density at radius 3 is 2.68 bits per heavy atom. The van der Waals surface area contributed by atoms with Crippen LogP contribution in [0.5, 0.6) is 0 Å². The van der Waals surface area contributed by atoms with E-state index in [9.17, 15) is 5.11 Å². The van der Waals surface area contributed by atoms with E-state index in [-0.39, 0.29) is 6.10 Å². The smallest absolute Gasteiger partial charge is 0.158 e. The van der Waals surface area contributed by atoms with Crippen molar-refractivity contribution in [2.24, 2.45) is 0 Å². The van der Waals surface area contributed by atoms with E-state index in [1.165, 1.54) is 0 Å². The molecule has 2 aliphatic heterocycles. The molecule has 1 aromatic heterocycles. The average Bonchev–Trinajstić information content (AvgIpc) is 2.61. The standard InChI is InChI=1S/C13H18ClN3O2/c1-19-7-12-15-11(14)6-13(16-12)17-8-2-3-9(17)5-10(18)4-8/h6,8-10,18H,2-5,7H2,1H3. The molecule has 0 amide bonds. The van der Waals surface area contributed by atoms with Crippen molar-refractivity contribution in [1.82, 2.24) is 9.97 Å². The number of halogens is 1. The van der Waals surface area contributed by atoms with Crippen molar-refractivity contribution in [2.45, 2.75) is 50.5 Å². The number of piperidine rings is 1. The van der Waals surface area contributed by atoms with Crippen LogP contribution in [0.25, 0.3) is 0 Å². The Morgan fingerprint density at radius 1 is 1.37 bits per heavy atom. The Bertz CT molecular complexity index is 457. The van der Waals surface area contributed by atoms with E-state index in [2.05, 4.69) is 14.9 Å². The molecular formula is C13H18ClN3O2. The van der Waals surface area contributed by atoms with Crippen molar-refractivity contribution < 1.29 is 9.84 Å². The van der Waals surface area contributed by atoms with E-state index < -0.39 is 0 Å². The van der Waals surface area contributed by atoms with Crippen LogP contribution in [0.1, 0.15) is 31.5 Å². The van der Waals surface area contributed by atoms with Crippen LogP contribution in [-0.2, 0) is 11.3 Å². The minimum Gasteiger partial charge on any atom is -0.393 e. The zero-order valence-electron chi connectivity index (χ0n) is 10.9.